The molecule has 0 saturated heterocycles. The molecule has 6 N–H and O–H groups in total. The number of carbonyl (C=O) groups is 4. The summed E-state index contributed by atoms with van der Waals surface area (Å²) in [4.78, 5) is 60.2. The van der Waals surface area contributed by atoms with Crippen molar-refractivity contribution in [2.45, 2.75) is 73.6 Å². The van der Waals surface area contributed by atoms with E-state index >= 15 is 0 Å². The molecule has 264 valence electrons. The molecular weight excluding hydrogens is 652 g/mol. The van der Waals surface area contributed by atoms with Crippen molar-refractivity contribution in [1.29, 1.82) is 0 Å². The number of unbranched alkanes of at least 4 members (excludes halogenated alkanes) is 1. The number of hydrogen-bond donors (Lipinski definition) is 4. The molecule has 0 atom stereocenters. The lowest BCUT2D eigenvalue weighted by atomic mass is 10.1. The summed E-state index contributed by atoms with van der Waals surface area (Å²) in [7, 11) is 0. The standard InChI is InChI=1S/C35H40N12O4/c1-6-46-27(15-20(4)42-46)32(50)40-34-38-24-17-22(30(36)48)10-11-26(24)44(34)12-8-9-13-45-29-19(3)14-23(31(37)49)18-25(29)39-35(45)41-33(51)28-16-21(5)43-47(28)7-2/h10-11,14-18H,6-9,12-13H2,1-5H3,(H2,36,48)(H2,37,49)(H,38,40,50)(H,39,41,51). The van der Waals surface area contributed by atoms with Crippen LogP contribution in [0, 0.1) is 20.8 Å². The second-order valence-corrected chi connectivity index (χ2v) is 12.4. The number of rotatable bonds is 13. The highest BCUT2D eigenvalue weighted by Crippen LogP contribution is 2.27. The number of nitrogens with two attached hydrogens (primary N) is 2. The minimum Gasteiger partial charge on any atom is -0.366 e. The Morgan fingerprint density at radius 1 is 0.667 bits per heavy atom. The Hall–Kier alpha value is -6.32. The zero-order valence-electron chi connectivity index (χ0n) is 29.1. The van der Waals surface area contributed by atoms with Crippen LogP contribution in [-0.2, 0) is 26.2 Å². The van der Waals surface area contributed by atoms with Crippen LogP contribution < -0.4 is 22.1 Å². The van der Waals surface area contributed by atoms with Gasteiger partial charge in [0.15, 0.2) is 0 Å². The molecular formula is C35H40N12O4. The van der Waals surface area contributed by atoms with Gasteiger partial charge in [0, 0.05) is 37.3 Å². The lowest BCUT2D eigenvalue weighted by Gasteiger charge is -2.13. The first kappa shape index (κ1) is 34.5. The van der Waals surface area contributed by atoms with E-state index in [2.05, 4.69) is 25.8 Å². The largest absolute Gasteiger partial charge is 0.366 e. The molecule has 4 amide bonds. The van der Waals surface area contributed by atoms with E-state index in [1.807, 2.05) is 43.8 Å². The Morgan fingerprint density at radius 3 is 1.73 bits per heavy atom. The van der Waals surface area contributed by atoms with Crippen LogP contribution in [-0.4, -0.2) is 62.3 Å². The topological polar surface area (TPSA) is 216 Å². The van der Waals surface area contributed by atoms with E-state index in [1.54, 1.807) is 51.8 Å². The van der Waals surface area contributed by atoms with Crippen molar-refractivity contribution >= 4 is 57.6 Å². The summed E-state index contributed by atoms with van der Waals surface area (Å²) < 4.78 is 7.07. The molecule has 2 aromatic carbocycles. The highest BCUT2D eigenvalue weighted by atomic mass is 16.2. The van der Waals surface area contributed by atoms with Gasteiger partial charge in [0.05, 0.1) is 33.5 Å². The van der Waals surface area contributed by atoms with Crippen LogP contribution in [0.1, 0.15) is 85.3 Å². The second-order valence-electron chi connectivity index (χ2n) is 12.4. The van der Waals surface area contributed by atoms with Gasteiger partial charge in [-0.3, -0.25) is 39.2 Å². The number of hydrogen-bond acceptors (Lipinski definition) is 8. The summed E-state index contributed by atoms with van der Waals surface area (Å²) in [6, 6.07) is 11.8. The second kappa shape index (κ2) is 13.9. The van der Waals surface area contributed by atoms with Crippen molar-refractivity contribution in [2.24, 2.45) is 11.5 Å². The predicted molar refractivity (Wildman–Crippen MR) is 192 cm³/mol. The third kappa shape index (κ3) is 6.79. The fraction of sp³-hybridized carbons (Fsp3) is 0.314. The van der Waals surface area contributed by atoms with Crippen molar-refractivity contribution in [1.82, 2.24) is 38.7 Å². The minimum absolute atomic E-state index is 0.304. The van der Waals surface area contributed by atoms with Gasteiger partial charge in [0.2, 0.25) is 23.7 Å². The summed E-state index contributed by atoms with van der Waals surface area (Å²) in [5.41, 5.74) is 17.3. The third-order valence-electron chi connectivity index (χ3n) is 8.68. The number of amides is 4. The van der Waals surface area contributed by atoms with Gasteiger partial charge in [0.25, 0.3) is 11.8 Å². The van der Waals surface area contributed by atoms with Crippen molar-refractivity contribution < 1.29 is 19.2 Å². The van der Waals surface area contributed by atoms with Crippen LogP contribution in [0.15, 0.2) is 42.5 Å². The molecule has 16 heteroatoms. The highest BCUT2D eigenvalue weighted by molar-refractivity contribution is 6.04. The van der Waals surface area contributed by atoms with Gasteiger partial charge >= 0.3 is 0 Å². The number of carbonyl (C=O) groups excluding carboxylic acids is 4. The molecule has 0 spiro atoms. The molecule has 0 bridgehead atoms. The van der Waals surface area contributed by atoms with Crippen LogP contribution in [0.3, 0.4) is 0 Å². The van der Waals surface area contributed by atoms with Crippen LogP contribution in [0.2, 0.25) is 0 Å². The van der Waals surface area contributed by atoms with Gasteiger partial charge in [0.1, 0.15) is 11.4 Å². The molecule has 0 aliphatic carbocycles. The van der Waals surface area contributed by atoms with Gasteiger partial charge in [-0.15, -0.1) is 0 Å². The Morgan fingerprint density at radius 2 is 1.18 bits per heavy atom. The summed E-state index contributed by atoms with van der Waals surface area (Å²) in [5.74, 6) is -1.24. The van der Waals surface area contributed by atoms with E-state index in [9.17, 15) is 19.2 Å². The normalized spacial score (nSPS) is 11.4. The molecule has 0 aliphatic heterocycles. The zero-order valence-corrected chi connectivity index (χ0v) is 29.1. The first-order valence-corrected chi connectivity index (χ1v) is 16.7. The van der Waals surface area contributed by atoms with Crippen LogP contribution in [0.5, 0.6) is 0 Å². The van der Waals surface area contributed by atoms with Crippen molar-refractivity contribution in [3.05, 3.63) is 81.9 Å². The predicted octanol–water partition coefficient (Wildman–Crippen LogP) is 3.93. The number of benzene rings is 2. The van der Waals surface area contributed by atoms with Crippen LogP contribution in [0.25, 0.3) is 22.1 Å². The number of nitrogens with zero attached hydrogens (tertiary/aromatic N) is 8. The minimum atomic E-state index is -0.581. The van der Waals surface area contributed by atoms with E-state index in [-0.39, 0.29) is 11.8 Å². The molecule has 16 nitrogen and oxygen atoms in total. The molecule has 51 heavy (non-hydrogen) atoms. The molecule has 0 aliphatic rings. The van der Waals surface area contributed by atoms with E-state index in [0.29, 0.717) is 90.0 Å². The number of aromatic nitrogens is 8. The molecule has 6 rings (SSSR count). The maximum Gasteiger partial charge on any atom is 0.276 e. The molecule has 0 saturated carbocycles. The first-order valence-electron chi connectivity index (χ1n) is 16.7. The third-order valence-corrected chi connectivity index (χ3v) is 8.68. The quantitative estimate of drug-likeness (QED) is 0.130. The van der Waals surface area contributed by atoms with Crippen molar-refractivity contribution in [2.75, 3.05) is 10.6 Å². The van der Waals surface area contributed by atoms with Gasteiger partial charge in [-0.05, 0) is 95.5 Å². The van der Waals surface area contributed by atoms with E-state index in [4.69, 9.17) is 16.5 Å². The van der Waals surface area contributed by atoms with Gasteiger partial charge in [-0.25, -0.2) is 9.97 Å². The molecule has 0 radical (unpaired) electrons. The van der Waals surface area contributed by atoms with E-state index in [1.165, 1.54) is 0 Å². The SMILES string of the molecule is CCn1nc(C)cc1C(=O)Nc1nc2cc(C(N)=O)ccc2n1CCCCn1c(NC(=O)c2cc(C)nn2CC)nc2cc(C(N)=O)cc(C)c21. The molecule has 4 heterocycles. The number of anilines is 2. The fourth-order valence-corrected chi connectivity index (χ4v) is 6.35. The maximum absolute atomic E-state index is 13.5. The Kier molecular flexibility index (Phi) is 9.41. The Labute approximate surface area is 292 Å². The Balaban J connectivity index is 1.29. The number of primary amides is 2. The molecule has 6 aromatic rings. The Bertz CT molecular complexity index is 2340. The lowest BCUT2D eigenvalue weighted by molar-refractivity contribution is 0.0992. The fourth-order valence-electron chi connectivity index (χ4n) is 6.35. The number of imidazole rings is 2. The van der Waals surface area contributed by atoms with E-state index in [0.717, 1.165) is 22.5 Å². The summed E-state index contributed by atoms with van der Waals surface area (Å²) >= 11 is 0. The van der Waals surface area contributed by atoms with Gasteiger partial charge < -0.3 is 20.6 Å². The number of nitrogens with one attached hydrogen (secondary N) is 2. The number of fused-ring (bicyclic) bond motifs is 2. The molecule has 4 aromatic heterocycles. The van der Waals surface area contributed by atoms with Crippen molar-refractivity contribution in [3.8, 4) is 0 Å². The van der Waals surface area contributed by atoms with Crippen LogP contribution in [0.4, 0.5) is 11.9 Å². The average molecular weight is 693 g/mol. The van der Waals surface area contributed by atoms with Crippen LogP contribution >= 0.6 is 0 Å². The van der Waals surface area contributed by atoms with Gasteiger partial charge in [-0.2, -0.15) is 10.2 Å². The monoisotopic (exact) mass is 692 g/mol. The lowest BCUT2D eigenvalue weighted by Crippen LogP contribution is -2.20. The summed E-state index contributed by atoms with van der Waals surface area (Å²) in [6.07, 6.45) is 1.26. The zero-order chi connectivity index (χ0) is 36.6. The highest BCUT2D eigenvalue weighted by Gasteiger charge is 2.22. The maximum atomic E-state index is 13.5. The first-order chi connectivity index (χ1) is 24.4. The summed E-state index contributed by atoms with van der Waals surface area (Å²) in [6.45, 7) is 11.3. The van der Waals surface area contributed by atoms with Crippen molar-refractivity contribution in [3.63, 3.8) is 0 Å². The van der Waals surface area contributed by atoms with Gasteiger partial charge in [-0.1, -0.05) is 0 Å². The van der Waals surface area contributed by atoms with E-state index < -0.39 is 11.8 Å². The average Bonchev–Trinajstić information content (AvgIpc) is 3.85. The molecule has 0 unspecified atom stereocenters. The smallest absolute Gasteiger partial charge is 0.276 e. The number of aryl methyl sites for hydroxylation is 7. The summed E-state index contributed by atoms with van der Waals surface area (Å²) in [5, 5.41) is 14.7. The molecule has 0 fully saturated rings.